The number of nitrogens with zero attached hydrogens (tertiary/aromatic N) is 2. The molecule has 0 bridgehead atoms. The lowest BCUT2D eigenvalue weighted by Crippen LogP contribution is -2.29. The second kappa shape index (κ2) is 17.1. The predicted molar refractivity (Wildman–Crippen MR) is 183 cm³/mol. The molecule has 2 amide bonds. The lowest BCUT2D eigenvalue weighted by atomic mass is 10.0. The Hall–Kier alpha value is -4.13. The number of fused-ring (bicyclic) bond motifs is 1. The standard InChI is InChI=1S/C36H41N3O7S/c1-25-6-3-4-9-31(25)35(42)39-13-12-28-24-29(10-11-32(28)39)34-26(2)47-36(38-34)37-33(41)23-27-7-5-8-30(22-27)46-21-20-45-19-18-44-17-16-43-15-14-40/h3-11,22,24,40H,12-21,23H2,1-2H3,(H,37,38,41). The molecular weight excluding hydrogens is 618 g/mol. The van der Waals surface area contributed by atoms with Crippen molar-refractivity contribution in [3.8, 4) is 17.0 Å². The normalized spacial score (nSPS) is 12.3. The Morgan fingerprint density at radius 3 is 2.40 bits per heavy atom. The van der Waals surface area contributed by atoms with Crippen LogP contribution < -0.4 is 15.0 Å². The molecule has 0 radical (unpaired) electrons. The minimum atomic E-state index is -0.160. The summed E-state index contributed by atoms with van der Waals surface area (Å²) in [4.78, 5) is 33.8. The van der Waals surface area contributed by atoms with Gasteiger partial charge in [0, 0.05) is 28.2 Å². The molecule has 11 heteroatoms. The van der Waals surface area contributed by atoms with E-state index in [1.807, 2.05) is 79.4 Å². The highest BCUT2D eigenvalue weighted by Gasteiger charge is 2.27. The van der Waals surface area contributed by atoms with Crippen LogP contribution in [0.5, 0.6) is 5.75 Å². The number of thiazole rings is 1. The molecule has 10 nitrogen and oxygen atoms in total. The number of aryl methyl sites for hydroxylation is 2. The minimum Gasteiger partial charge on any atom is -0.491 e. The number of aliphatic hydroxyl groups excluding tert-OH is 1. The Kier molecular flexibility index (Phi) is 12.5. The topological polar surface area (TPSA) is 119 Å². The summed E-state index contributed by atoms with van der Waals surface area (Å²) in [6.45, 7) is 7.50. The number of aliphatic hydroxyl groups is 1. The van der Waals surface area contributed by atoms with Gasteiger partial charge in [0.1, 0.15) is 12.4 Å². The first kappa shape index (κ1) is 34.2. The van der Waals surface area contributed by atoms with Crippen LogP contribution in [0.4, 0.5) is 10.8 Å². The molecule has 3 aromatic carbocycles. The number of carbonyl (C=O) groups is 2. The molecule has 0 aliphatic carbocycles. The van der Waals surface area contributed by atoms with Crippen LogP contribution in [0.1, 0.15) is 31.9 Å². The number of benzene rings is 3. The van der Waals surface area contributed by atoms with E-state index in [4.69, 9.17) is 29.0 Å². The first-order valence-corrected chi connectivity index (χ1v) is 16.6. The van der Waals surface area contributed by atoms with E-state index in [9.17, 15) is 9.59 Å². The second-order valence-electron chi connectivity index (χ2n) is 11.1. The summed E-state index contributed by atoms with van der Waals surface area (Å²) in [6, 6.07) is 21.2. The smallest absolute Gasteiger partial charge is 0.258 e. The van der Waals surface area contributed by atoms with Crippen molar-refractivity contribution in [3.05, 3.63) is 93.9 Å². The zero-order valence-electron chi connectivity index (χ0n) is 26.8. The fraction of sp³-hybridized carbons (Fsp3) is 0.361. The molecular formula is C36H41N3O7S. The predicted octanol–water partition coefficient (Wildman–Crippen LogP) is 5.23. The molecule has 47 heavy (non-hydrogen) atoms. The summed E-state index contributed by atoms with van der Waals surface area (Å²) in [7, 11) is 0. The van der Waals surface area contributed by atoms with E-state index in [1.54, 1.807) is 0 Å². The number of hydrogen-bond acceptors (Lipinski definition) is 9. The molecule has 4 aromatic rings. The monoisotopic (exact) mass is 659 g/mol. The van der Waals surface area contributed by atoms with Gasteiger partial charge in [-0.25, -0.2) is 4.98 Å². The second-order valence-corrected chi connectivity index (χ2v) is 12.3. The van der Waals surface area contributed by atoms with Gasteiger partial charge in [0.25, 0.3) is 5.91 Å². The van der Waals surface area contributed by atoms with Crippen LogP contribution in [0.2, 0.25) is 0 Å². The molecule has 248 valence electrons. The van der Waals surface area contributed by atoms with Crippen LogP contribution in [-0.2, 0) is 31.8 Å². The third-order valence-corrected chi connectivity index (χ3v) is 8.54. The first-order valence-electron chi connectivity index (χ1n) is 15.8. The van der Waals surface area contributed by atoms with E-state index in [2.05, 4.69) is 11.4 Å². The Labute approximate surface area is 279 Å². The molecule has 0 saturated carbocycles. The molecule has 1 aromatic heterocycles. The maximum absolute atomic E-state index is 13.3. The molecule has 1 aliphatic rings. The van der Waals surface area contributed by atoms with Gasteiger partial charge >= 0.3 is 0 Å². The maximum Gasteiger partial charge on any atom is 0.258 e. The van der Waals surface area contributed by atoms with E-state index in [1.165, 1.54) is 11.3 Å². The number of aromatic nitrogens is 1. The summed E-state index contributed by atoms with van der Waals surface area (Å²) in [6.07, 6.45) is 0.965. The molecule has 0 saturated heterocycles. The lowest BCUT2D eigenvalue weighted by Gasteiger charge is -2.18. The van der Waals surface area contributed by atoms with Crippen LogP contribution in [0.25, 0.3) is 11.3 Å². The molecule has 0 fully saturated rings. The maximum atomic E-state index is 13.3. The van der Waals surface area contributed by atoms with Crippen molar-refractivity contribution >= 4 is 34.0 Å². The third-order valence-electron chi connectivity index (χ3n) is 7.65. The van der Waals surface area contributed by atoms with Crippen molar-refractivity contribution in [2.75, 3.05) is 69.6 Å². The van der Waals surface area contributed by atoms with Crippen LogP contribution in [0.15, 0.2) is 66.7 Å². The summed E-state index contributed by atoms with van der Waals surface area (Å²) in [5.74, 6) is 0.525. The van der Waals surface area contributed by atoms with Crippen molar-refractivity contribution < 1.29 is 33.6 Å². The average Bonchev–Trinajstić information content (AvgIpc) is 3.66. The van der Waals surface area contributed by atoms with Crippen LogP contribution in [0.3, 0.4) is 0 Å². The number of hydrogen-bond donors (Lipinski definition) is 2. The van der Waals surface area contributed by atoms with Gasteiger partial charge in [0.2, 0.25) is 5.91 Å². The van der Waals surface area contributed by atoms with E-state index in [0.717, 1.165) is 50.5 Å². The van der Waals surface area contributed by atoms with Gasteiger partial charge in [-0.05, 0) is 67.3 Å². The number of carbonyl (C=O) groups excluding carboxylic acids is 2. The van der Waals surface area contributed by atoms with Gasteiger partial charge in [0.15, 0.2) is 5.13 Å². The van der Waals surface area contributed by atoms with Crippen molar-refractivity contribution in [1.29, 1.82) is 0 Å². The lowest BCUT2D eigenvalue weighted by molar-refractivity contribution is -0.115. The summed E-state index contributed by atoms with van der Waals surface area (Å²) in [5.41, 5.74) is 6.36. The van der Waals surface area contributed by atoms with E-state index in [0.29, 0.717) is 63.7 Å². The number of ether oxygens (including phenoxy) is 4. The Morgan fingerprint density at radius 2 is 1.64 bits per heavy atom. The van der Waals surface area contributed by atoms with Gasteiger partial charge in [0.05, 0.1) is 58.4 Å². The van der Waals surface area contributed by atoms with Crippen molar-refractivity contribution in [3.63, 3.8) is 0 Å². The molecule has 0 atom stereocenters. The molecule has 0 unspecified atom stereocenters. The van der Waals surface area contributed by atoms with Gasteiger partial charge in [-0.2, -0.15) is 0 Å². The summed E-state index contributed by atoms with van der Waals surface area (Å²) < 4.78 is 21.8. The van der Waals surface area contributed by atoms with Gasteiger partial charge in [-0.15, -0.1) is 11.3 Å². The van der Waals surface area contributed by atoms with Crippen LogP contribution in [-0.4, -0.2) is 81.3 Å². The minimum absolute atomic E-state index is 0.00533. The van der Waals surface area contributed by atoms with E-state index >= 15 is 0 Å². The van der Waals surface area contributed by atoms with Crippen molar-refractivity contribution in [1.82, 2.24) is 4.98 Å². The van der Waals surface area contributed by atoms with E-state index < -0.39 is 0 Å². The highest BCUT2D eigenvalue weighted by Crippen LogP contribution is 2.36. The quantitative estimate of drug-likeness (QED) is 0.148. The van der Waals surface area contributed by atoms with Gasteiger partial charge in [-0.1, -0.05) is 36.4 Å². The molecule has 5 rings (SSSR count). The fourth-order valence-electron chi connectivity index (χ4n) is 5.35. The third kappa shape index (κ3) is 9.46. The Bertz CT molecular complexity index is 1660. The largest absolute Gasteiger partial charge is 0.491 e. The fourth-order valence-corrected chi connectivity index (χ4v) is 6.21. The number of rotatable bonds is 17. The van der Waals surface area contributed by atoms with Crippen LogP contribution >= 0.6 is 11.3 Å². The SMILES string of the molecule is Cc1ccccc1C(=O)N1CCc2cc(-c3nc(NC(=O)Cc4cccc(OCCOCCOCCOCCO)c4)sc3C)ccc21. The number of anilines is 2. The summed E-state index contributed by atoms with van der Waals surface area (Å²) in [5, 5.41) is 12.2. The molecule has 0 spiro atoms. The summed E-state index contributed by atoms with van der Waals surface area (Å²) >= 11 is 1.44. The molecule has 2 heterocycles. The first-order chi connectivity index (χ1) is 22.9. The number of nitrogens with one attached hydrogen (secondary N) is 1. The zero-order chi connectivity index (χ0) is 33.0. The highest BCUT2D eigenvalue weighted by atomic mass is 32.1. The van der Waals surface area contributed by atoms with Crippen LogP contribution in [0, 0.1) is 13.8 Å². The Balaban J connectivity index is 1.09. The zero-order valence-corrected chi connectivity index (χ0v) is 27.6. The van der Waals surface area contributed by atoms with Crippen molar-refractivity contribution in [2.45, 2.75) is 26.7 Å². The molecule has 1 aliphatic heterocycles. The van der Waals surface area contributed by atoms with E-state index in [-0.39, 0.29) is 24.8 Å². The Morgan fingerprint density at radius 1 is 0.894 bits per heavy atom. The highest BCUT2D eigenvalue weighted by molar-refractivity contribution is 7.16. The van der Waals surface area contributed by atoms with Gasteiger partial charge in [-0.3, -0.25) is 9.59 Å². The average molecular weight is 660 g/mol. The van der Waals surface area contributed by atoms with Crippen molar-refractivity contribution in [2.24, 2.45) is 0 Å². The number of amides is 2. The molecule has 2 N–H and O–H groups in total. The van der Waals surface area contributed by atoms with Gasteiger partial charge < -0.3 is 34.3 Å².